The van der Waals surface area contributed by atoms with Crippen LogP contribution in [0, 0.1) is 0 Å². The highest BCUT2D eigenvalue weighted by Crippen LogP contribution is 2.39. The number of nitrogens with one attached hydrogen (secondary N) is 1. The summed E-state index contributed by atoms with van der Waals surface area (Å²) in [6, 6.07) is 9.60. The number of nitrogens with zero attached hydrogens (tertiary/aromatic N) is 3. The molecule has 2 aromatic heterocycles. The molecule has 0 spiro atoms. The van der Waals surface area contributed by atoms with Gasteiger partial charge in [0.1, 0.15) is 16.4 Å². The van der Waals surface area contributed by atoms with Crippen LogP contribution in [-0.4, -0.2) is 65.8 Å². The van der Waals surface area contributed by atoms with Gasteiger partial charge in [-0.05, 0) is 37.1 Å². The summed E-state index contributed by atoms with van der Waals surface area (Å²) in [7, 11) is -1.41. The smallest absolute Gasteiger partial charge is 0.404 e. The number of fused-ring (bicyclic) bond motifs is 2. The maximum absolute atomic E-state index is 11.6. The van der Waals surface area contributed by atoms with Crippen LogP contribution in [0.4, 0.5) is 4.79 Å². The molecule has 3 heterocycles. The zero-order valence-electron chi connectivity index (χ0n) is 18.6. The number of methoxy groups -OCH3 is 1. The molecule has 11 nitrogen and oxygen atoms in total. The molecule has 34 heavy (non-hydrogen) atoms. The average Bonchev–Trinajstić information content (AvgIpc) is 3.43. The average molecular weight is 489 g/mol. The van der Waals surface area contributed by atoms with Crippen LogP contribution in [0.5, 0.6) is 5.75 Å². The molecule has 0 bridgehead atoms. The Bertz CT molecular complexity index is 1360. The lowest BCUT2D eigenvalue weighted by atomic mass is 10.0. The van der Waals surface area contributed by atoms with E-state index in [1.807, 2.05) is 40.2 Å². The van der Waals surface area contributed by atoms with E-state index >= 15 is 0 Å². The first kappa shape index (κ1) is 23.5. The maximum Gasteiger partial charge on any atom is 0.404 e. The second-order valence-electron chi connectivity index (χ2n) is 8.08. The van der Waals surface area contributed by atoms with Gasteiger partial charge in [0, 0.05) is 29.8 Å². The van der Waals surface area contributed by atoms with E-state index in [-0.39, 0.29) is 18.3 Å². The number of ether oxygens (including phenoxy) is 2. The fourth-order valence-electron chi connectivity index (χ4n) is 3.48. The monoisotopic (exact) mass is 488 g/mol. The third-order valence-corrected chi connectivity index (χ3v) is 6.30. The Labute approximate surface area is 195 Å². The largest absolute Gasteiger partial charge is 0.493 e. The molecule has 2 aliphatic rings. The number of hydrogen-bond donors (Lipinski definition) is 2. The lowest BCUT2D eigenvalue weighted by molar-refractivity contribution is 0.0535. The minimum atomic E-state index is -3.05. The van der Waals surface area contributed by atoms with E-state index in [2.05, 4.69) is 4.98 Å². The van der Waals surface area contributed by atoms with Gasteiger partial charge in [-0.1, -0.05) is 6.07 Å². The topological polar surface area (TPSA) is 149 Å². The standard InChI is InChI=1S/C18H15N3O3.C4H9NO4S/c1-23-15-7-6-14(21-17(15)19-16(20-21)10-2-3-10)11-4-5-13-12(8-11)9-24-18(13)22;1-10(8,9)3-2-5-4(6)7/h4-8,10H,2-3,9H2,1H3;5H,2-3H2,1H3,(H,6,7). The summed E-state index contributed by atoms with van der Waals surface area (Å²) in [5.74, 6) is 1.64. The Kier molecular flexibility index (Phi) is 6.42. The van der Waals surface area contributed by atoms with Crippen LogP contribution >= 0.6 is 0 Å². The van der Waals surface area contributed by atoms with Crippen LogP contribution < -0.4 is 10.1 Å². The number of hydrogen-bond acceptors (Lipinski definition) is 8. The number of amides is 1. The molecule has 1 aliphatic heterocycles. The molecule has 12 heteroatoms. The van der Waals surface area contributed by atoms with E-state index < -0.39 is 15.9 Å². The summed E-state index contributed by atoms with van der Waals surface area (Å²) < 4.78 is 33.1. The van der Waals surface area contributed by atoms with Crippen molar-refractivity contribution in [2.24, 2.45) is 0 Å². The molecule has 180 valence electrons. The van der Waals surface area contributed by atoms with Gasteiger partial charge in [-0.15, -0.1) is 0 Å². The normalized spacial score (nSPS) is 14.7. The van der Waals surface area contributed by atoms with E-state index in [0.717, 1.165) is 47.4 Å². The number of esters is 1. The molecule has 0 radical (unpaired) electrons. The summed E-state index contributed by atoms with van der Waals surface area (Å²) in [4.78, 5) is 26.1. The first-order valence-electron chi connectivity index (χ1n) is 10.5. The number of cyclic esters (lactones) is 1. The Balaban J connectivity index is 0.000000235. The van der Waals surface area contributed by atoms with Crippen molar-refractivity contribution < 1.29 is 32.6 Å². The molecule has 1 aliphatic carbocycles. The zero-order valence-corrected chi connectivity index (χ0v) is 19.5. The van der Waals surface area contributed by atoms with Crippen LogP contribution in [0.3, 0.4) is 0 Å². The number of rotatable bonds is 6. The van der Waals surface area contributed by atoms with E-state index in [9.17, 15) is 18.0 Å². The van der Waals surface area contributed by atoms with Gasteiger partial charge in [-0.3, -0.25) is 0 Å². The SMILES string of the molecule is COc1ccc(-c2ccc3c(c2)COC3=O)n2nc(C3CC3)nc12.CS(=O)(=O)CCNC(=O)O. The Morgan fingerprint density at radius 1 is 1.29 bits per heavy atom. The van der Waals surface area contributed by atoms with Gasteiger partial charge >= 0.3 is 12.1 Å². The van der Waals surface area contributed by atoms with Crippen molar-refractivity contribution >= 4 is 27.5 Å². The summed E-state index contributed by atoms with van der Waals surface area (Å²) in [6.45, 7) is 0.278. The maximum atomic E-state index is 11.6. The summed E-state index contributed by atoms with van der Waals surface area (Å²) in [5.41, 5.74) is 4.17. The number of carboxylic acid groups (broad SMARTS) is 1. The fraction of sp³-hybridized carbons (Fsp3) is 0.364. The van der Waals surface area contributed by atoms with Crippen LogP contribution in [0.15, 0.2) is 30.3 Å². The van der Waals surface area contributed by atoms with Gasteiger partial charge in [0.2, 0.25) is 0 Å². The molecule has 0 atom stereocenters. The lowest BCUT2D eigenvalue weighted by Gasteiger charge is -2.08. The minimum absolute atomic E-state index is 0.0475. The molecule has 1 amide bonds. The predicted octanol–water partition coefficient (Wildman–Crippen LogP) is 2.25. The molecular weight excluding hydrogens is 464 g/mol. The molecule has 1 saturated carbocycles. The molecule has 1 aromatic carbocycles. The van der Waals surface area contributed by atoms with Crippen molar-refractivity contribution in [1.82, 2.24) is 19.9 Å². The summed E-state index contributed by atoms with van der Waals surface area (Å²) >= 11 is 0. The second-order valence-corrected chi connectivity index (χ2v) is 10.3. The van der Waals surface area contributed by atoms with Gasteiger partial charge in [0.05, 0.1) is 24.1 Å². The van der Waals surface area contributed by atoms with Crippen molar-refractivity contribution in [1.29, 1.82) is 0 Å². The van der Waals surface area contributed by atoms with E-state index in [1.165, 1.54) is 0 Å². The van der Waals surface area contributed by atoms with Gasteiger partial charge in [0.15, 0.2) is 17.2 Å². The molecule has 0 unspecified atom stereocenters. The predicted molar refractivity (Wildman–Crippen MR) is 122 cm³/mol. The first-order chi connectivity index (χ1) is 16.2. The number of benzene rings is 1. The molecule has 1 fully saturated rings. The number of sulfone groups is 1. The molecular formula is C22H24N4O7S. The number of carbonyl (C=O) groups is 2. The third-order valence-electron chi connectivity index (χ3n) is 5.36. The zero-order chi connectivity index (χ0) is 24.5. The Hall–Kier alpha value is -3.67. The summed E-state index contributed by atoms with van der Waals surface area (Å²) in [6.07, 6.45) is 2.14. The Morgan fingerprint density at radius 2 is 2.06 bits per heavy atom. The Morgan fingerprint density at radius 3 is 2.71 bits per heavy atom. The first-order valence-corrected chi connectivity index (χ1v) is 12.6. The van der Waals surface area contributed by atoms with Gasteiger partial charge in [0.25, 0.3) is 0 Å². The van der Waals surface area contributed by atoms with Gasteiger partial charge in [-0.2, -0.15) is 5.10 Å². The molecule has 5 rings (SSSR count). The van der Waals surface area contributed by atoms with Crippen LogP contribution in [0.25, 0.3) is 16.9 Å². The molecule has 0 saturated heterocycles. The molecule has 2 N–H and O–H groups in total. The van der Waals surface area contributed by atoms with Crippen molar-refractivity contribution in [3.63, 3.8) is 0 Å². The van der Waals surface area contributed by atoms with Crippen LogP contribution in [-0.2, 0) is 21.2 Å². The summed E-state index contributed by atoms with van der Waals surface area (Å²) in [5, 5.41) is 14.6. The number of pyridine rings is 1. The highest BCUT2D eigenvalue weighted by Gasteiger charge is 2.29. The van der Waals surface area contributed by atoms with Gasteiger partial charge in [-0.25, -0.2) is 27.5 Å². The third kappa shape index (κ3) is 5.28. The van der Waals surface area contributed by atoms with Crippen LogP contribution in [0.1, 0.15) is 40.5 Å². The lowest BCUT2D eigenvalue weighted by Crippen LogP contribution is -2.26. The van der Waals surface area contributed by atoms with Crippen molar-refractivity contribution in [2.75, 3.05) is 25.7 Å². The van der Waals surface area contributed by atoms with E-state index in [1.54, 1.807) is 7.11 Å². The van der Waals surface area contributed by atoms with Crippen molar-refractivity contribution in [2.45, 2.75) is 25.4 Å². The molecule has 3 aromatic rings. The van der Waals surface area contributed by atoms with Gasteiger partial charge < -0.3 is 19.9 Å². The van der Waals surface area contributed by atoms with Crippen molar-refractivity contribution in [3.8, 4) is 17.0 Å². The second kappa shape index (κ2) is 9.29. The highest BCUT2D eigenvalue weighted by molar-refractivity contribution is 7.90. The van der Waals surface area contributed by atoms with E-state index in [0.29, 0.717) is 23.8 Å². The minimum Gasteiger partial charge on any atom is -0.493 e. The quantitative estimate of drug-likeness (QED) is 0.498. The van der Waals surface area contributed by atoms with Crippen molar-refractivity contribution in [3.05, 3.63) is 47.3 Å². The highest BCUT2D eigenvalue weighted by atomic mass is 32.2. The number of carbonyl (C=O) groups excluding carboxylic acids is 1. The van der Waals surface area contributed by atoms with Crippen LogP contribution in [0.2, 0.25) is 0 Å². The van der Waals surface area contributed by atoms with E-state index in [4.69, 9.17) is 19.7 Å². The fourth-order valence-corrected chi connectivity index (χ4v) is 3.96. The number of aromatic nitrogens is 3.